The first-order chi connectivity index (χ1) is 9.66. The predicted octanol–water partition coefficient (Wildman–Crippen LogP) is 2.87. The highest BCUT2D eigenvalue weighted by atomic mass is 35.5. The fraction of sp³-hybridized carbons (Fsp3) is 0.0714. The Bertz CT molecular complexity index is 752. The van der Waals surface area contributed by atoms with Crippen molar-refractivity contribution < 1.29 is 0 Å². The zero-order valence-corrected chi connectivity index (χ0v) is 11.5. The molecule has 0 spiro atoms. The molecule has 1 aromatic carbocycles. The van der Waals surface area contributed by atoms with Gasteiger partial charge in [0.05, 0.1) is 5.69 Å². The molecule has 6 heteroatoms. The second kappa shape index (κ2) is 4.94. The molecular formula is C14H12ClN5. The number of aromatic nitrogens is 4. The van der Waals surface area contributed by atoms with Crippen molar-refractivity contribution in [2.45, 2.75) is 6.92 Å². The molecule has 0 bridgehead atoms. The first kappa shape index (κ1) is 12.6. The van der Waals surface area contributed by atoms with Gasteiger partial charge in [-0.1, -0.05) is 22.9 Å². The smallest absolute Gasteiger partial charge is 0.155 e. The van der Waals surface area contributed by atoms with E-state index in [2.05, 4.69) is 15.3 Å². The maximum Gasteiger partial charge on any atom is 0.155 e. The molecule has 0 radical (unpaired) electrons. The van der Waals surface area contributed by atoms with E-state index in [1.165, 1.54) is 0 Å². The van der Waals surface area contributed by atoms with Crippen molar-refractivity contribution in [3.63, 3.8) is 0 Å². The molecule has 0 unspecified atom stereocenters. The van der Waals surface area contributed by atoms with Crippen LogP contribution in [0.4, 0.5) is 5.82 Å². The topological polar surface area (TPSA) is 69.6 Å². The normalized spacial score (nSPS) is 10.7. The predicted molar refractivity (Wildman–Crippen MR) is 78.7 cm³/mol. The quantitative estimate of drug-likeness (QED) is 0.786. The summed E-state index contributed by atoms with van der Waals surface area (Å²) in [5.74, 6) is 0.461. The van der Waals surface area contributed by atoms with Crippen LogP contribution in [0.25, 0.3) is 16.9 Å². The third-order valence-electron chi connectivity index (χ3n) is 3.04. The van der Waals surface area contributed by atoms with E-state index >= 15 is 0 Å². The van der Waals surface area contributed by atoms with Crippen LogP contribution in [0.3, 0.4) is 0 Å². The zero-order valence-electron chi connectivity index (χ0n) is 10.8. The van der Waals surface area contributed by atoms with E-state index in [9.17, 15) is 0 Å². The molecule has 3 aromatic rings. The van der Waals surface area contributed by atoms with Crippen molar-refractivity contribution >= 4 is 17.4 Å². The molecule has 0 aliphatic rings. The number of hydrogen-bond acceptors (Lipinski definition) is 4. The summed E-state index contributed by atoms with van der Waals surface area (Å²) in [4.78, 5) is 4.06. The second-order valence-electron chi connectivity index (χ2n) is 4.41. The van der Waals surface area contributed by atoms with Crippen LogP contribution in [-0.2, 0) is 0 Å². The number of pyridine rings is 1. The highest BCUT2D eigenvalue weighted by molar-refractivity contribution is 6.30. The minimum atomic E-state index is 0.461. The van der Waals surface area contributed by atoms with E-state index in [4.69, 9.17) is 17.3 Å². The van der Waals surface area contributed by atoms with Crippen molar-refractivity contribution in [2.75, 3.05) is 5.73 Å². The van der Waals surface area contributed by atoms with Gasteiger partial charge < -0.3 is 5.73 Å². The van der Waals surface area contributed by atoms with Crippen molar-refractivity contribution in [3.8, 4) is 16.9 Å². The van der Waals surface area contributed by atoms with Crippen molar-refractivity contribution in [2.24, 2.45) is 0 Å². The van der Waals surface area contributed by atoms with Gasteiger partial charge in [0.1, 0.15) is 5.69 Å². The number of aryl methyl sites for hydroxylation is 1. The molecule has 0 aliphatic heterocycles. The maximum absolute atomic E-state index is 6.15. The van der Waals surface area contributed by atoms with Gasteiger partial charge in [0.15, 0.2) is 5.82 Å². The van der Waals surface area contributed by atoms with Gasteiger partial charge in [-0.3, -0.25) is 4.98 Å². The summed E-state index contributed by atoms with van der Waals surface area (Å²) in [5, 5.41) is 8.89. The van der Waals surface area contributed by atoms with E-state index < -0.39 is 0 Å². The van der Waals surface area contributed by atoms with Crippen LogP contribution < -0.4 is 5.73 Å². The summed E-state index contributed by atoms with van der Waals surface area (Å²) < 4.78 is 1.59. The first-order valence-corrected chi connectivity index (χ1v) is 6.42. The van der Waals surface area contributed by atoms with E-state index in [1.807, 2.05) is 37.3 Å². The van der Waals surface area contributed by atoms with Gasteiger partial charge in [-0.05, 0) is 36.8 Å². The molecule has 20 heavy (non-hydrogen) atoms. The molecule has 5 nitrogen and oxygen atoms in total. The molecule has 0 saturated heterocycles. The number of nitrogens with two attached hydrogens (primary N) is 1. The Hall–Kier alpha value is -2.40. The number of nitrogens with zero attached hydrogens (tertiary/aromatic N) is 4. The molecule has 2 aromatic heterocycles. The van der Waals surface area contributed by atoms with Crippen LogP contribution in [0, 0.1) is 6.92 Å². The molecule has 2 N–H and O–H groups in total. The van der Waals surface area contributed by atoms with Crippen LogP contribution in [-0.4, -0.2) is 20.0 Å². The van der Waals surface area contributed by atoms with Gasteiger partial charge in [0, 0.05) is 23.0 Å². The van der Waals surface area contributed by atoms with E-state index in [-0.39, 0.29) is 0 Å². The zero-order chi connectivity index (χ0) is 14.1. The lowest BCUT2D eigenvalue weighted by Gasteiger charge is -2.07. The Morgan fingerprint density at radius 3 is 2.85 bits per heavy atom. The number of rotatable bonds is 2. The molecule has 2 heterocycles. The largest absolute Gasteiger partial charge is 0.382 e. The van der Waals surface area contributed by atoms with E-state index in [0.717, 1.165) is 16.8 Å². The summed E-state index contributed by atoms with van der Waals surface area (Å²) in [7, 11) is 0. The third-order valence-corrected chi connectivity index (χ3v) is 3.27. The van der Waals surface area contributed by atoms with Gasteiger partial charge in [0.25, 0.3) is 0 Å². The van der Waals surface area contributed by atoms with Crippen LogP contribution in [0.1, 0.15) is 5.56 Å². The van der Waals surface area contributed by atoms with Gasteiger partial charge >= 0.3 is 0 Å². The highest BCUT2D eigenvalue weighted by Crippen LogP contribution is 2.27. The Labute approximate surface area is 121 Å². The van der Waals surface area contributed by atoms with Gasteiger partial charge in [-0.15, -0.1) is 5.10 Å². The molecule has 3 rings (SSSR count). The summed E-state index contributed by atoms with van der Waals surface area (Å²) in [6, 6.07) is 9.29. The maximum atomic E-state index is 6.15. The van der Waals surface area contributed by atoms with Crippen LogP contribution in [0.15, 0.2) is 42.7 Å². The molecule has 0 saturated carbocycles. The fourth-order valence-electron chi connectivity index (χ4n) is 1.99. The fourth-order valence-corrected chi connectivity index (χ4v) is 2.15. The highest BCUT2D eigenvalue weighted by Gasteiger charge is 2.14. The van der Waals surface area contributed by atoms with Gasteiger partial charge in [-0.25, -0.2) is 0 Å². The number of halogens is 1. The molecule has 0 atom stereocenters. The number of nitrogen functional groups attached to an aromatic ring is 1. The standard InChI is InChI=1S/C14H12ClN5/c1-9-4-5-11(15)7-12(9)20-14(16)13(18-19-20)10-3-2-6-17-8-10/h2-8H,16H2,1H3. The Morgan fingerprint density at radius 2 is 2.10 bits per heavy atom. The van der Waals surface area contributed by atoms with Crippen molar-refractivity contribution in [1.29, 1.82) is 0 Å². The van der Waals surface area contributed by atoms with Crippen LogP contribution >= 0.6 is 11.6 Å². The van der Waals surface area contributed by atoms with Gasteiger partial charge in [0.2, 0.25) is 0 Å². The Balaban J connectivity index is 2.14. The van der Waals surface area contributed by atoms with Crippen LogP contribution in [0.2, 0.25) is 5.02 Å². The molecule has 100 valence electrons. The average Bonchev–Trinajstić information content (AvgIpc) is 2.84. The Morgan fingerprint density at radius 1 is 1.25 bits per heavy atom. The van der Waals surface area contributed by atoms with Gasteiger partial charge in [-0.2, -0.15) is 4.68 Å². The van der Waals surface area contributed by atoms with Crippen molar-refractivity contribution in [3.05, 3.63) is 53.3 Å². The minimum Gasteiger partial charge on any atom is -0.382 e. The molecule has 0 aliphatic carbocycles. The summed E-state index contributed by atoms with van der Waals surface area (Å²) in [6.07, 6.45) is 3.40. The minimum absolute atomic E-state index is 0.461. The second-order valence-corrected chi connectivity index (χ2v) is 4.84. The SMILES string of the molecule is Cc1ccc(Cl)cc1-n1nnc(-c2cccnc2)c1N. The van der Waals surface area contributed by atoms with Crippen LogP contribution in [0.5, 0.6) is 0 Å². The molecule has 0 amide bonds. The van der Waals surface area contributed by atoms with Crippen molar-refractivity contribution in [1.82, 2.24) is 20.0 Å². The number of benzene rings is 1. The van der Waals surface area contributed by atoms with E-state index in [0.29, 0.717) is 16.5 Å². The number of anilines is 1. The lowest BCUT2D eigenvalue weighted by atomic mass is 10.2. The monoisotopic (exact) mass is 285 g/mol. The van der Waals surface area contributed by atoms with E-state index in [1.54, 1.807) is 17.1 Å². The Kier molecular flexibility index (Phi) is 3.12. The number of hydrogen-bond donors (Lipinski definition) is 1. The summed E-state index contributed by atoms with van der Waals surface area (Å²) in [5.41, 5.74) is 9.43. The summed E-state index contributed by atoms with van der Waals surface area (Å²) >= 11 is 6.03. The first-order valence-electron chi connectivity index (χ1n) is 6.05. The average molecular weight is 286 g/mol. The molecular weight excluding hydrogens is 274 g/mol. The molecule has 0 fully saturated rings. The summed E-state index contributed by atoms with van der Waals surface area (Å²) in [6.45, 7) is 1.97. The lowest BCUT2D eigenvalue weighted by molar-refractivity contribution is 0.806. The third kappa shape index (κ3) is 2.12. The lowest BCUT2D eigenvalue weighted by Crippen LogP contribution is -2.04.